The Balaban J connectivity index is 1.96. The third kappa shape index (κ3) is 4.81. The topological polar surface area (TPSA) is 76.4 Å². The normalized spacial score (nSPS) is 16.3. The van der Waals surface area contributed by atoms with E-state index in [0.717, 1.165) is 6.54 Å². The van der Waals surface area contributed by atoms with Crippen LogP contribution in [0, 0.1) is 11.7 Å². The average molecular weight is 392 g/mol. The summed E-state index contributed by atoms with van der Waals surface area (Å²) in [4.78, 5) is 4.36. The fraction of sp³-hybridized carbons (Fsp3) is 0.400. The summed E-state index contributed by atoms with van der Waals surface area (Å²) in [6, 6.07) is 3.83. The number of rotatable bonds is 8. The van der Waals surface area contributed by atoms with Crippen molar-refractivity contribution in [1.29, 1.82) is 0 Å². The monoisotopic (exact) mass is 392 g/mol. The van der Waals surface area contributed by atoms with E-state index in [1.54, 1.807) is 6.21 Å². The molecule has 1 aromatic heterocycles. The molecule has 0 saturated heterocycles. The van der Waals surface area contributed by atoms with Crippen molar-refractivity contribution in [2.45, 2.75) is 38.8 Å². The van der Waals surface area contributed by atoms with Gasteiger partial charge in [-0.05, 0) is 61.2 Å². The molecule has 1 atom stereocenters. The maximum Gasteiger partial charge on any atom is 0.333 e. The predicted molar refractivity (Wildman–Crippen MR) is 102 cm³/mol. The summed E-state index contributed by atoms with van der Waals surface area (Å²) in [6.45, 7) is -0.612. The van der Waals surface area contributed by atoms with Crippen LogP contribution in [-0.2, 0) is 6.42 Å². The second-order valence-corrected chi connectivity index (χ2v) is 7.02. The third-order valence-corrected chi connectivity index (χ3v) is 4.65. The SMILES string of the molecule is C[C@@H](O)c1cc(F)ccc1-c1nn(C(F)F)cc1CC(C=NCC1CC1)=CN. The summed E-state index contributed by atoms with van der Waals surface area (Å²) in [5.41, 5.74) is 7.78. The van der Waals surface area contributed by atoms with Crippen molar-refractivity contribution in [2.24, 2.45) is 16.6 Å². The van der Waals surface area contributed by atoms with Crippen LogP contribution in [0.2, 0.25) is 0 Å². The number of halogens is 3. The summed E-state index contributed by atoms with van der Waals surface area (Å²) < 4.78 is 40.7. The minimum Gasteiger partial charge on any atom is -0.404 e. The number of nitrogens with two attached hydrogens (primary N) is 1. The Morgan fingerprint density at radius 3 is 2.79 bits per heavy atom. The van der Waals surface area contributed by atoms with Crippen LogP contribution in [0.5, 0.6) is 0 Å². The summed E-state index contributed by atoms with van der Waals surface area (Å²) in [5, 5.41) is 14.0. The zero-order valence-corrected chi connectivity index (χ0v) is 15.5. The highest BCUT2D eigenvalue weighted by Gasteiger charge is 2.21. The maximum atomic E-state index is 13.6. The van der Waals surface area contributed by atoms with E-state index in [4.69, 9.17) is 5.73 Å². The van der Waals surface area contributed by atoms with Gasteiger partial charge in [-0.3, -0.25) is 4.99 Å². The van der Waals surface area contributed by atoms with Crippen LogP contribution in [0.25, 0.3) is 11.3 Å². The molecule has 0 amide bonds. The Morgan fingerprint density at radius 2 is 2.18 bits per heavy atom. The average Bonchev–Trinajstić information content (AvgIpc) is 3.38. The van der Waals surface area contributed by atoms with Crippen molar-refractivity contribution in [2.75, 3.05) is 6.54 Å². The minimum atomic E-state index is -2.82. The molecule has 0 spiro atoms. The molecule has 0 bridgehead atoms. The highest BCUT2D eigenvalue weighted by molar-refractivity contribution is 5.80. The number of hydrogen-bond donors (Lipinski definition) is 2. The van der Waals surface area contributed by atoms with E-state index >= 15 is 0 Å². The van der Waals surface area contributed by atoms with Crippen LogP contribution in [0.3, 0.4) is 0 Å². The number of allylic oxidation sites excluding steroid dienone is 1. The molecule has 5 nitrogen and oxygen atoms in total. The van der Waals surface area contributed by atoms with Gasteiger partial charge in [0.2, 0.25) is 0 Å². The molecule has 1 aliphatic carbocycles. The number of alkyl halides is 2. The minimum absolute atomic E-state index is 0.239. The lowest BCUT2D eigenvalue weighted by molar-refractivity contribution is 0.0567. The summed E-state index contributed by atoms with van der Waals surface area (Å²) in [5.74, 6) is 0.101. The highest BCUT2D eigenvalue weighted by atomic mass is 19.3. The number of aliphatic hydroxyl groups is 1. The largest absolute Gasteiger partial charge is 0.404 e. The van der Waals surface area contributed by atoms with Gasteiger partial charge in [-0.25, -0.2) is 9.07 Å². The summed E-state index contributed by atoms with van der Waals surface area (Å²) >= 11 is 0. The van der Waals surface area contributed by atoms with E-state index in [2.05, 4.69) is 10.1 Å². The predicted octanol–water partition coefficient (Wildman–Crippen LogP) is 4.00. The first kappa shape index (κ1) is 20.1. The Hall–Kier alpha value is -2.61. The standard InChI is InChI=1S/C20H23F3N4O/c1-12(28)18-7-16(21)4-5-17(18)19-15(11-27(26-19)20(22)23)6-14(8-24)10-25-9-13-2-3-13/h4-5,7-8,10-13,20,28H,2-3,6,9,24H2,1H3/t12-/m1/s1. The molecule has 1 fully saturated rings. The molecule has 150 valence electrons. The van der Waals surface area contributed by atoms with Crippen molar-refractivity contribution in [1.82, 2.24) is 9.78 Å². The molecule has 1 aliphatic rings. The van der Waals surface area contributed by atoms with Crippen molar-refractivity contribution in [3.63, 3.8) is 0 Å². The molecule has 8 heteroatoms. The van der Waals surface area contributed by atoms with Gasteiger partial charge >= 0.3 is 6.55 Å². The number of hydrogen-bond acceptors (Lipinski definition) is 4. The summed E-state index contributed by atoms with van der Waals surface area (Å²) in [6.07, 6.45) is 5.90. The van der Waals surface area contributed by atoms with Crippen molar-refractivity contribution in [3.8, 4) is 11.3 Å². The molecule has 2 aromatic rings. The number of aliphatic imine (C=N–C) groups is 1. The molecule has 0 aliphatic heterocycles. The lowest BCUT2D eigenvalue weighted by atomic mass is 9.96. The number of aromatic nitrogens is 2. The fourth-order valence-corrected chi connectivity index (χ4v) is 2.97. The Kier molecular flexibility index (Phi) is 6.18. The maximum absolute atomic E-state index is 13.6. The zero-order chi connectivity index (χ0) is 20.3. The Morgan fingerprint density at radius 1 is 1.43 bits per heavy atom. The van der Waals surface area contributed by atoms with Crippen LogP contribution in [0.15, 0.2) is 41.2 Å². The van der Waals surface area contributed by atoms with Gasteiger partial charge in [-0.1, -0.05) is 0 Å². The Bertz CT molecular complexity index is 886. The number of benzene rings is 1. The van der Waals surface area contributed by atoms with Gasteiger partial charge in [-0.15, -0.1) is 0 Å². The van der Waals surface area contributed by atoms with Crippen LogP contribution in [0.1, 0.15) is 43.5 Å². The van der Waals surface area contributed by atoms with Crippen molar-refractivity contribution in [3.05, 3.63) is 53.1 Å². The fourth-order valence-electron chi connectivity index (χ4n) is 2.97. The first-order valence-corrected chi connectivity index (χ1v) is 9.13. The summed E-state index contributed by atoms with van der Waals surface area (Å²) in [7, 11) is 0. The van der Waals surface area contributed by atoms with Gasteiger partial charge in [0.1, 0.15) is 5.82 Å². The van der Waals surface area contributed by atoms with E-state index in [1.165, 1.54) is 50.4 Å². The molecule has 0 unspecified atom stereocenters. The van der Waals surface area contributed by atoms with Crippen molar-refractivity contribution >= 4 is 6.21 Å². The van der Waals surface area contributed by atoms with Gasteiger partial charge in [0.15, 0.2) is 0 Å². The van der Waals surface area contributed by atoms with E-state index in [-0.39, 0.29) is 17.7 Å². The molecule has 3 N–H and O–H groups in total. The third-order valence-electron chi connectivity index (χ3n) is 4.65. The molecule has 3 rings (SSSR count). The van der Waals surface area contributed by atoms with Gasteiger partial charge < -0.3 is 10.8 Å². The van der Waals surface area contributed by atoms with Gasteiger partial charge in [-0.2, -0.15) is 13.9 Å². The van der Waals surface area contributed by atoms with Gasteiger partial charge in [0.05, 0.1) is 11.8 Å². The first-order valence-electron chi connectivity index (χ1n) is 9.13. The van der Waals surface area contributed by atoms with Crippen LogP contribution < -0.4 is 5.73 Å². The number of nitrogens with zero attached hydrogens (tertiary/aromatic N) is 3. The van der Waals surface area contributed by atoms with Crippen LogP contribution in [0.4, 0.5) is 13.2 Å². The van der Waals surface area contributed by atoms with E-state index in [0.29, 0.717) is 27.3 Å². The highest BCUT2D eigenvalue weighted by Crippen LogP contribution is 2.32. The smallest absolute Gasteiger partial charge is 0.333 e. The molecular weight excluding hydrogens is 369 g/mol. The lowest BCUT2D eigenvalue weighted by Gasteiger charge is -2.12. The molecule has 1 saturated carbocycles. The second kappa shape index (κ2) is 8.60. The van der Waals surface area contributed by atoms with Gasteiger partial charge in [0, 0.05) is 36.5 Å². The molecular formula is C20H23F3N4O. The van der Waals surface area contributed by atoms with Crippen molar-refractivity contribution < 1.29 is 18.3 Å². The zero-order valence-electron chi connectivity index (χ0n) is 15.5. The molecule has 28 heavy (non-hydrogen) atoms. The van der Waals surface area contributed by atoms with E-state index < -0.39 is 18.5 Å². The quantitative estimate of drug-likeness (QED) is 0.667. The molecule has 1 heterocycles. The van der Waals surface area contributed by atoms with E-state index in [1.807, 2.05) is 0 Å². The van der Waals surface area contributed by atoms with E-state index in [9.17, 15) is 18.3 Å². The molecule has 1 aromatic carbocycles. The molecule has 0 radical (unpaired) electrons. The number of aliphatic hydroxyl groups excluding tert-OH is 1. The Labute approximate surface area is 161 Å². The van der Waals surface area contributed by atoms with Crippen LogP contribution >= 0.6 is 0 Å². The lowest BCUT2D eigenvalue weighted by Crippen LogP contribution is -2.01. The second-order valence-electron chi connectivity index (χ2n) is 7.02. The van der Waals surface area contributed by atoms with Gasteiger partial charge in [0.25, 0.3) is 0 Å². The first-order chi connectivity index (χ1) is 13.4. The van der Waals surface area contributed by atoms with Crippen LogP contribution in [-0.4, -0.2) is 27.6 Å².